The summed E-state index contributed by atoms with van der Waals surface area (Å²) in [5, 5.41) is 9.07. The molecule has 0 fully saturated rings. The molecule has 0 aliphatic rings. The molecule has 0 radical (unpaired) electrons. The molecule has 0 saturated carbocycles. The van der Waals surface area contributed by atoms with E-state index in [4.69, 9.17) is 9.53 Å². The Labute approximate surface area is 104 Å². The summed E-state index contributed by atoms with van der Waals surface area (Å²) in [7, 11) is -1.81. The number of hydrogen-bond donors (Lipinski definition) is 1. The summed E-state index contributed by atoms with van der Waals surface area (Å²) in [5.41, 5.74) is 0.254. The molecule has 0 spiro atoms. The molecular weight excluding hydrogens is 232 g/mol. The van der Waals surface area contributed by atoms with Crippen molar-refractivity contribution in [3.8, 4) is 5.75 Å². The molecule has 0 saturated heterocycles. The van der Waals surface area contributed by atoms with Crippen molar-refractivity contribution in [1.29, 1.82) is 0 Å². The van der Waals surface area contributed by atoms with Crippen LogP contribution in [-0.4, -0.2) is 19.4 Å². The Kier molecular flexibility index (Phi) is 4.75. The molecule has 0 aromatic heterocycles. The number of carbonyl (C=O) groups is 1. The number of rotatable bonds is 6. The van der Waals surface area contributed by atoms with E-state index in [1.165, 1.54) is 0 Å². The van der Waals surface area contributed by atoms with E-state index in [0.717, 1.165) is 18.9 Å². The van der Waals surface area contributed by atoms with Gasteiger partial charge in [-0.2, -0.15) is 0 Å². The number of carboxylic acids is 1. The largest absolute Gasteiger partial charge is 0.543 e. The number of benzene rings is 1. The van der Waals surface area contributed by atoms with Gasteiger partial charge in [-0.15, -0.1) is 0 Å². The van der Waals surface area contributed by atoms with Gasteiger partial charge in [0.25, 0.3) is 0 Å². The van der Waals surface area contributed by atoms with Crippen LogP contribution in [0.1, 0.15) is 30.1 Å². The third-order valence-electron chi connectivity index (χ3n) is 2.64. The van der Waals surface area contributed by atoms with Crippen LogP contribution in [0.2, 0.25) is 19.1 Å². The first-order valence-electron chi connectivity index (χ1n) is 5.97. The van der Waals surface area contributed by atoms with Crippen LogP contribution < -0.4 is 4.43 Å². The minimum absolute atomic E-state index is 0.254. The minimum atomic E-state index is -1.81. The highest BCUT2D eigenvalue weighted by molar-refractivity contribution is 6.71. The zero-order valence-electron chi connectivity index (χ0n) is 10.7. The fraction of sp³-hybridized carbons (Fsp3) is 0.462. The predicted molar refractivity (Wildman–Crippen MR) is 71.2 cm³/mol. The normalized spacial score (nSPS) is 11.2. The van der Waals surface area contributed by atoms with Gasteiger partial charge in [-0.25, -0.2) is 4.79 Å². The highest BCUT2D eigenvalue weighted by Crippen LogP contribution is 2.24. The van der Waals surface area contributed by atoms with Gasteiger partial charge in [0.2, 0.25) is 8.32 Å². The summed E-state index contributed by atoms with van der Waals surface area (Å²) < 4.78 is 5.95. The van der Waals surface area contributed by atoms with Crippen LogP contribution in [-0.2, 0) is 0 Å². The summed E-state index contributed by atoms with van der Waals surface area (Å²) in [6, 6.07) is 7.91. The Morgan fingerprint density at radius 3 is 2.59 bits per heavy atom. The second kappa shape index (κ2) is 5.86. The summed E-state index contributed by atoms with van der Waals surface area (Å²) in [5.74, 6) is -0.423. The molecule has 1 aromatic rings. The van der Waals surface area contributed by atoms with Crippen molar-refractivity contribution in [2.75, 3.05) is 0 Å². The van der Waals surface area contributed by atoms with Crippen molar-refractivity contribution in [2.24, 2.45) is 0 Å². The maximum absolute atomic E-state index is 11.1. The van der Waals surface area contributed by atoms with Crippen LogP contribution in [0.15, 0.2) is 24.3 Å². The first-order chi connectivity index (χ1) is 7.96. The molecule has 0 aliphatic carbocycles. The van der Waals surface area contributed by atoms with Crippen LogP contribution in [0.4, 0.5) is 0 Å². The number of carboxylic acid groups (broad SMARTS) is 1. The maximum Gasteiger partial charge on any atom is 0.339 e. The molecule has 3 nitrogen and oxygen atoms in total. The van der Waals surface area contributed by atoms with Crippen LogP contribution in [0.3, 0.4) is 0 Å². The molecule has 0 bridgehead atoms. The summed E-state index contributed by atoms with van der Waals surface area (Å²) in [4.78, 5) is 11.1. The molecule has 1 rings (SSSR count). The van der Waals surface area contributed by atoms with E-state index in [-0.39, 0.29) is 5.56 Å². The SMILES string of the molecule is CCCC[Si](C)(C)Oc1ccccc1C(=O)O. The van der Waals surface area contributed by atoms with Gasteiger partial charge >= 0.3 is 5.97 Å². The van der Waals surface area contributed by atoms with E-state index in [1.807, 2.05) is 6.07 Å². The molecule has 4 heteroatoms. The van der Waals surface area contributed by atoms with Crippen LogP contribution in [0.5, 0.6) is 5.75 Å². The Morgan fingerprint density at radius 2 is 2.00 bits per heavy atom. The highest BCUT2D eigenvalue weighted by Gasteiger charge is 2.25. The summed E-state index contributed by atoms with van der Waals surface area (Å²) in [6.07, 6.45) is 2.27. The Balaban J connectivity index is 2.83. The Bertz CT molecular complexity index is 388. The molecule has 0 atom stereocenters. The van der Waals surface area contributed by atoms with Crippen LogP contribution in [0, 0.1) is 0 Å². The lowest BCUT2D eigenvalue weighted by molar-refractivity contribution is 0.0695. The highest BCUT2D eigenvalue weighted by atomic mass is 28.4. The Hall–Kier alpha value is -1.29. The van der Waals surface area contributed by atoms with E-state index in [1.54, 1.807) is 18.2 Å². The molecule has 94 valence electrons. The quantitative estimate of drug-likeness (QED) is 0.784. The van der Waals surface area contributed by atoms with Gasteiger partial charge in [0.1, 0.15) is 5.75 Å². The summed E-state index contributed by atoms with van der Waals surface area (Å²) >= 11 is 0. The standard InChI is InChI=1S/C13H20O3Si/c1-4-5-10-17(2,3)16-12-9-7-6-8-11(12)13(14)15/h6-9H,4-5,10H2,1-3H3,(H,14,15). The van der Waals surface area contributed by atoms with E-state index in [0.29, 0.717) is 5.75 Å². The van der Waals surface area contributed by atoms with Gasteiger partial charge in [-0.1, -0.05) is 31.9 Å². The van der Waals surface area contributed by atoms with Gasteiger partial charge in [-0.3, -0.25) is 0 Å². The average molecular weight is 252 g/mol. The minimum Gasteiger partial charge on any atom is -0.543 e. The zero-order valence-corrected chi connectivity index (χ0v) is 11.7. The lowest BCUT2D eigenvalue weighted by Crippen LogP contribution is -2.34. The molecule has 17 heavy (non-hydrogen) atoms. The van der Waals surface area contributed by atoms with Gasteiger partial charge in [-0.05, 0) is 31.3 Å². The monoisotopic (exact) mass is 252 g/mol. The molecule has 0 amide bonds. The van der Waals surface area contributed by atoms with Crippen LogP contribution in [0.25, 0.3) is 0 Å². The number of para-hydroxylation sites is 1. The molecule has 0 heterocycles. The number of unbranched alkanes of at least 4 members (excludes halogenated alkanes) is 1. The van der Waals surface area contributed by atoms with Gasteiger partial charge in [0, 0.05) is 0 Å². The third-order valence-corrected chi connectivity index (χ3v) is 4.97. The van der Waals surface area contributed by atoms with Crippen molar-refractivity contribution in [1.82, 2.24) is 0 Å². The first-order valence-corrected chi connectivity index (χ1v) is 9.09. The van der Waals surface area contributed by atoms with Crippen molar-refractivity contribution < 1.29 is 14.3 Å². The van der Waals surface area contributed by atoms with Crippen LogP contribution >= 0.6 is 0 Å². The van der Waals surface area contributed by atoms with Crippen molar-refractivity contribution in [2.45, 2.75) is 38.9 Å². The maximum atomic E-state index is 11.1. The van der Waals surface area contributed by atoms with Gasteiger partial charge < -0.3 is 9.53 Å². The van der Waals surface area contributed by atoms with E-state index in [2.05, 4.69) is 20.0 Å². The second-order valence-electron chi connectivity index (χ2n) is 4.77. The number of hydrogen-bond acceptors (Lipinski definition) is 2. The molecule has 1 aromatic carbocycles. The topological polar surface area (TPSA) is 46.5 Å². The van der Waals surface area contributed by atoms with Gasteiger partial charge in [0.05, 0.1) is 5.56 Å². The lowest BCUT2D eigenvalue weighted by atomic mass is 10.2. The Morgan fingerprint density at radius 1 is 1.35 bits per heavy atom. The molecule has 0 aliphatic heterocycles. The zero-order chi connectivity index (χ0) is 12.9. The van der Waals surface area contributed by atoms with Crippen molar-refractivity contribution in [3.63, 3.8) is 0 Å². The van der Waals surface area contributed by atoms with E-state index >= 15 is 0 Å². The van der Waals surface area contributed by atoms with Crippen molar-refractivity contribution >= 4 is 14.3 Å². The molecular formula is C13H20O3Si. The second-order valence-corrected chi connectivity index (χ2v) is 8.99. The summed E-state index contributed by atoms with van der Waals surface area (Å²) in [6.45, 7) is 6.40. The fourth-order valence-electron chi connectivity index (χ4n) is 1.68. The van der Waals surface area contributed by atoms with E-state index < -0.39 is 14.3 Å². The molecule has 0 unspecified atom stereocenters. The smallest absolute Gasteiger partial charge is 0.339 e. The van der Waals surface area contributed by atoms with Gasteiger partial charge in [0.15, 0.2) is 0 Å². The van der Waals surface area contributed by atoms with E-state index in [9.17, 15) is 4.79 Å². The number of aromatic carboxylic acids is 1. The predicted octanol–water partition coefficient (Wildman–Crippen LogP) is 3.77. The average Bonchev–Trinajstić information content (AvgIpc) is 2.26. The first kappa shape index (κ1) is 13.8. The third kappa shape index (κ3) is 4.23. The lowest BCUT2D eigenvalue weighted by Gasteiger charge is -2.24. The fourth-order valence-corrected chi connectivity index (χ4v) is 3.76. The van der Waals surface area contributed by atoms with Crippen molar-refractivity contribution in [3.05, 3.63) is 29.8 Å². The molecule has 1 N–H and O–H groups in total.